The van der Waals surface area contributed by atoms with Crippen molar-refractivity contribution in [3.63, 3.8) is 0 Å². The molecule has 0 fully saturated rings. The first-order chi connectivity index (χ1) is 14.5. The van der Waals surface area contributed by atoms with E-state index in [0.717, 1.165) is 0 Å². The molecule has 0 atom stereocenters. The Kier molecular flexibility index (Phi) is 6.15. The van der Waals surface area contributed by atoms with E-state index in [-0.39, 0.29) is 23.6 Å². The van der Waals surface area contributed by atoms with Gasteiger partial charge in [0, 0.05) is 29.8 Å². The number of nitro benzene ring substituents is 2. The highest BCUT2D eigenvalue weighted by molar-refractivity contribution is 5.91. The van der Waals surface area contributed by atoms with Gasteiger partial charge < -0.3 is 4.74 Å². The van der Waals surface area contributed by atoms with Crippen LogP contribution in [0.2, 0.25) is 0 Å². The minimum Gasteiger partial charge on any atom is -0.488 e. The normalized spacial score (nSPS) is 10.8. The summed E-state index contributed by atoms with van der Waals surface area (Å²) in [5, 5.41) is 31.5. The highest BCUT2D eigenvalue weighted by Crippen LogP contribution is 2.27. The summed E-state index contributed by atoms with van der Waals surface area (Å²) in [6.45, 7) is 0.102. The summed E-state index contributed by atoms with van der Waals surface area (Å²) in [4.78, 5) is 20.9. The molecule has 0 heterocycles. The predicted octanol–water partition coefficient (Wildman–Crippen LogP) is 5.15. The van der Waals surface area contributed by atoms with Crippen LogP contribution in [-0.2, 0) is 6.61 Å². The van der Waals surface area contributed by atoms with Crippen molar-refractivity contribution in [2.45, 2.75) is 6.61 Å². The topological polar surface area (TPSA) is 119 Å². The van der Waals surface area contributed by atoms with Gasteiger partial charge >= 0.3 is 0 Å². The maximum Gasteiger partial charge on any atom is 0.270 e. The maximum atomic E-state index is 11.0. The number of hydrogen-bond acceptors (Lipinski definition) is 6. The van der Waals surface area contributed by atoms with Crippen molar-refractivity contribution in [2.75, 3.05) is 0 Å². The predicted molar refractivity (Wildman–Crippen MR) is 110 cm³/mol. The van der Waals surface area contributed by atoms with Gasteiger partial charge in [-0.2, -0.15) is 5.26 Å². The second kappa shape index (κ2) is 9.12. The minimum atomic E-state index is -0.519. The highest BCUT2D eigenvalue weighted by Gasteiger charge is 2.11. The Morgan fingerprint density at radius 2 is 1.60 bits per heavy atom. The molecule has 0 aromatic heterocycles. The molecule has 0 bridgehead atoms. The zero-order chi connectivity index (χ0) is 21.5. The SMILES string of the molecule is N#CC(=Cc1ccccc1OCc1cccc([N+](=O)[O-])c1)c1cccc([N+](=O)[O-])c1. The summed E-state index contributed by atoms with van der Waals surface area (Å²) < 4.78 is 5.82. The molecule has 0 spiro atoms. The van der Waals surface area contributed by atoms with E-state index in [1.807, 2.05) is 0 Å². The second-order valence-corrected chi connectivity index (χ2v) is 6.23. The summed E-state index contributed by atoms with van der Waals surface area (Å²) in [5.74, 6) is 0.474. The summed E-state index contributed by atoms with van der Waals surface area (Å²) in [7, 11) is 0. The lowest BCUT2D eigenvalue weighted by Gasteiger charge is -2.10. The molecule has 8 nitrogen and oxygen atoms in total. The fourth-order valence-corrected chi connectivity index (χ4v) is 2.77. The molecule has 3 aromatic rings. The van der Waals surface area contributed by atoms with Crippen molar-refractivity contribution in [3.8, 4) is 11.8 Å². The molecule has 148 valence electrons. The van der Waals surface area contributed by atoms with Gasteiger partial charge in [0.2, 0.25) is 0 Å². The summed E-state index contributed by atoms with van der Waals surface area (Å²) >= 11 is 0. The van der Waals surface area contributed by atoms with E-state index in [2.05, 4.69) is 6.07 Å². The van der Waals surface area contributed by atoms with E-state index in [9.17, 15) is 25.5 Å². The fraction of sp³-hybridized carbons (Fsp3) is 0.0455. The van der Waals surface area contributed by atoms with Gasteiger partial charge in [-0.1, -0.05) is 42.5 Å². The number of benzene rings is 3. The standard InChI is InChI=1S/C22H15N3O5/c23-14-19(17-7-4-9-21(13-17)25(28)29)12-18-6-1-2-10-22(18)30-15-16-5-3-8-20(11-16)24(26)27/h1-13H,15H2. The number of allylic oxidation sites excluding steroid dienone is 1. The molecular weight excluding hydrogens is 386 g/mol. The first-order valence-corrected chi connectivity index (χ1v) is 8.79. The van der Waals surface area contributed by atoms with E-state index >= 15 is 0 Å². The number of non-ortho nitro benzene ring substituents is 2. The van der Waals surface area contributed by atoms with Gasteiger partial charge in [0.15, 0.2) is 0 Å². The molecule has 0 aliphatic carbocycles. The lowest BCUT2D eigenvalue weighted by molar-refractivity contribution is -0.385. The quantitative estimate of drug-likeness (QED) is 0.234. The Morgan fingerprint density at radius 1 is 0.933 bits per heavy atom. The molecule has 0 N–H and O–H groups in total. The number of para-hydroxylation sites is 1. The zero-order valence-electron chi connectivity index (χ0n) is 15.6. The maximum absolute atomic E-state index is 11.0. The van der Waals surface area contributed by atoms with Crippen LogP contribution in [0.1, 0.15) is 16.7 Å². The van der Waals surface area contributed by atoms with Crippen LogP contribution in [0.5, 0.6) is 5.75 Å². The van der Waals surface area contributed by atoms with Crippen LogP contribution in [0.4, 0.5) is 11.4 Å². The number of rotatable bonds is 7. The minimum absolute atomic E-state index is 0.0262. The Balaban J connectivity index is 1.88. The Hall–Kier alpha value is -4.51. The molecule has 0 unspecified atom stereocenters. The molecule has 0 amide bonds. The van der Waals surface area contributed by atoms with Gasteiger partial charge in [-0.25, -0.2) is 0 Å². The van der Waals surface area contributed by atoms with Crippen molar-refractivity contribution in [1.82, 2.24) is 0 Å². The third kappa shape index (κ3) is 4.85. The zero-order valence-corrected chi connectivity index (χ0v) is 15.6. The van der Waals surface area contributed by atoms with Crippen molar-refractivity contribution in [2.24, 2.45) is 0 Å². The van der Waals surface area contributed by atoms with Crippen LogP contribution < -0.4 is 4.74 Å². The number of nitrogens with zero attached hydrogens (tertiary/aromatic N) is 3. The Bertz CT molecular complexity index is 1180. The van der Waals surface area contributed by atoms with Crippen LogP contribution in [0.3, 0.4) is 0 Å². The van der Waals surface area contributed by atoms with Crippen molar-refractivity contribution in [3.05, 3.63) is 110 Å². The second-order valence-electron chi connectivity index (χ2n) is 6.23. The summed E-state index contributed by atoms with van der Waals surface area (Å²) in [6, 6.07) is 21.0. The van der Waals surface area contributed by atoms with Gasteiger partial charge in [-0.3, -0.25) is 20.2 Å². The van der Waals surface area contributed by atoms with Crippen LogP contribution in [-0.4, -0.2) is 9.85 Å². The molecule has 30 heavy (non-hydrogen) atoms. The number of nitriles is 1. The first-order valence-electron chi connectivity index (χ1n) is 8.79. The molecule has 8 heteroatoms. The van der Waals surface area contributed by atoms with Crippen LogP contribution in [0, 0.1) is 31.6 Å². The van der Waals surface area contributed by atoms with Gasteiger partial charge in [0.25, 0.3) is 11.4 Å². The smallest absolute Gasteiger partial charge is 0.270 e. The monoisotopic (exact) mass is 401 g/mol. The van der Waals surface area contributed by atoms with E-state index < -0.39 is 9.85 Å². The fourth-order valence-electron chi connectivity index (χ4n) is 2.77. The Morgan fingerprint density at radius 3 is 2.30 bits per heavy atom. The van der Waals surface area contributed by atoms with Gasteiger partial charge in [-0.05, 0) is 23.3 Å². The molecule has 0 saturated heterocycles. The van der Waals surface area contributed by atoms with Crippen LogP contribution >= 0.6 is 0 Å². The molecule has 0 saturated carbocycles. The average molecular weight is 401 g/mol. The Labute approximate surface area is 171 Å². The van der Waals surface area contributed by atoms with Crippen molar-refractivity contribution >= 4 is 23.0 Å². The summed E-state index contributed by atoms with van der Waals surface area (Å²) in [6.07, 6.45) is 1.59. The molecular formula is C22H15N3O5. The molecule has 0 radical (unpaired) electrons. The number of hydrogen-bond donors (Lipinski definition) is 0. The first kappa shape index (κ1) is 20.2. The average Bonchev–Trinajstić information content (AvgIpc) is 2.77. The van der Waals surface area contributed by atoms with Crippen LogP contribution in [0.15, 0.2) is 72.8 Å². The molecule has 0 aliphatic rings. The van der Waals surface area contributed by atoms with E-state index in [1.54, 1.807) is 48.5 Å². The molecule has 0 aliphatic heterocycles. The van der Waals surface area contributed by atoms with Crippen molar-refractivity contribution < 1.29 is 14.6 Å². The van der Waals surface area contributed by atoms with Crippen LogP contribution in [0.25, 0.3) is 11.6 Å². The molecule has 3 rings (SSSR count). The van der Waals surface area contributed by atoms with Gasteiger partial charge in [0.1, 0.15) is 12.4 Å². The third-order valence-electron chi connectivity index (χ3n) is 4.22. The van der Waals surface area contributed by atoms with E-state index in [4.69, 9.17) is 4.74 Å². The molecule has 3 aromatic carbocycles. The van der Waals surface area contributed by atoms with Gasteiger partial charge in [0.05, 0.1) is 21.5 Å². The van der Waals surface area contributed by atoms with Gasteiger partial charge in [-0.15, -0.1) is 0 Å². The third-order valence-corrected chi connectivity index (χ3v) is 4.22. The van der Waals surface area contributed by atoms with E-state index in [1.165, 1.54) is 30.3 Å². The summed E-state index contributed by atoms with van der Waals surface area (Å²) in [5.41, 5.74) is 1.75. The van der Waals surface area contributed by atoms with E-state index in [0.29, 0.717) is 22.4 Å². The lowest BCUT2D eigenvalue weighted by Crippen LogP contribution is -1.98. The number of nitro groups is 2. The highest BCUT2D eigenvalue weighted by atomic mass is 16.6. The van der Waals surface area contributed by atoms with Crippen molar-refractivity contribution in [1.29, 1.82) is 5.26 Å². The number of ether oxygens (including phenoxy) is 1. The lowest BCUT2D eigenvalue weighted by atomic mass is 10.0. The largest absolute Gasteiger partial charge is 0.488 e.